The summed E-state index contributed by atoms with van der Waals surface area (Å²) in [5.41, 5.74) is 0.991. The van der Waals surface area contributed by atoms with E-state index in [2.05, 4.69) is 6.92 Å². The summed E-state index contributed by atoms with van der Waals surface area (Å²) in [7, 11) is 0. The summed E-state index contributed by atoms with van der Waals surface area (Å²) in [6.07, 6.45) is 3.09. The Labute approximate surface area is 43.9 Å². The molecule has 0 aromatic rings. The zero-order chi connectivity index (χ0) is 4.65. The van der Waals surface area contributed by atoms with Crippen LogP contribution in [0.15, 0.2) is 0 Å². The van der Waals surface area contributed by atoms with Crippen molar-refractivity contribution >= 4 is 0 Å². The molecule has 0 aromatic carbocycles. The molecule has 0 N–H and O–H groups in total. The van der Waals surface area contributed by atoms with Gasteiger partial charge >= 0.3 is 0 Å². The highest BCUT2D eigenvalue weighted by Crippen LogP contribution is 2.97. The van der Waals surface area contributed by atoms with Crippen LogP contribution in [0.1, 0.15) is 19.8 Å². The summed E-state index contributed by atoms with van der Waals surface area (Å²) >= 11 is 0. The Morgan fingerprint density at radius 3 is 2.29 bits per heavy atom. The second kappa shape index (κ2) is 0.519. The largest absolute Gasteiger partial charge is 0.0648 e. The van der Waals surface area contributed by atoms with Crippen LogP contribution in [0.4, 0.5) is 0 Å². The van der Waals surface area contributed by atoms with Gasteiger partial charge in [0, 0.05) is 0 Å². The summed E-state index contributed by atoms with van der Waals surface area (Å²) in [6, 6.07) is 0. The Hall–Kier alpha value is 0. The van der Waals surface area contributed by atoms with Gasteiger partial charge in [-0.3, -0.25) is 0 Å². The maximum atomic E-state index is 2.35. The van der Waals surface area contributed by atoms with Crippen molar-refractivity contribution in [2.75, 3.05) is 0 Å². The highest BCUT2D eigenvalue weighted by Gasteiger charge is 2.91. The molecule has 4 saturated carbocycles. The highest BCUT2D eigenvalue weighted by molar-refractivity contribution is 5.39. The first-order valence-electron chi connectivity index (χ1n) is 3.40. The van der Waals surface area contributed by atoms with Gasteiger partial charge in [-0.1, -0.05) is 6.92 Å². The Morgan fingerprint density at radius 2 is 2.29 bits per heavy atom. The molecule has 0 aromatic heterocycles. The van der Waals surface area contributed by atoms with Crippen LogP contribution in [0.25, 0.3) is 0 Å². The zero-order valence-corrected chi connectivity index (χ0v) is 4.65. The van der Waals surface area contributed by atoms with Crippen LogP contribution in [0, 0.1) is 23.2 Å². The van der Waals surface area contributed by atoms with E-state index in [4.69, 9.17) is 0 Å². The molecule has 0 heteroatoms. The van der Waals surface area contributed by atoms with Crippen LogP contribution in [0.5, 0.6) is 0 Å². The smallest absolute Gasteiger partial charge is 0.0229 e. The first kappa shape index (κ1) is 3.11. The van der Waals surface area contributed by atoms with E-state index in [9.17, 15) is 0 Å². The Balaban J connectivity index is 1.98. The van der Waals surface area contributed by atoms with E-state index in [0.717, 1.165) is 5.41 Å². The molecule has 4 aliphatic rings. The average molecular weight is 94.2 g/mol. The molecule has 0 nitrogen and oxygen atoms in total. The topological polar surface area (TPSA) is 0 Å². The van der Waals surface area contributed by atoms with Gasteiger partial charge in [-0.05, 0) is 36.0 Å². The van der Waals surface area contributed by atoms with E-state index in [1.54, 1.807) is 6.42 Å². The lowest BCUT2D eigenvalue weighted by molar-refractivity contribution is 0.111. The molecule has 4 rings (SSSR count). The van der Waals surface area contributed by atoms with Gasteiger partial charge in [0.25, 0.3) is 0 Å². The van der Waals surface area contributed by atoms with Crippen molar-refractivity contribution in [3.8, 4) is 0 Å². The summed E-state index contributed by atoms with van der Waals surface area (Å²) < 4.78 is 0. The van der Waals surface area contributed by atoms with Gasteiger partial charge in [0.05, 0.1) is 0 Å². The van der Waals surface area contributed by atoms with Crippen molar-refractivity contribution < 1.29 is 0 Å². The van der Waals surface area contributed by atoms with Crippen LogP contribution < -0.4 is 0 Å². The first-order valence-corrected chi connectivity index (χ1v) is 3.40. The molecule has 7 heavy (non-hydrogen) atoms. The summed E-state index contributed by atoms with van der Waals surface area (Å²) in [5, 5.41) is 0. The predicted molar refractivity (Wildman–Crippen MR) is 27.8 cm³/mol. The minimum Gasteiger partial charge on any atom is -0.0648 e. The van der Waals surface area contributed by atoms with Crippen molar-refractivity contribution in [1.82, 2.24) is 0 Å². The SMILES string of the molecule is CCC12CC3C1C32. The molecule has 2 unspecified atom stereocenters. The van der Waals surface area contributed by atoms with Crippen LogP contribution in [0.2, 0.25) is 0 Å². The van der Waals surface area contributed by atoms with Gasteiger partial charge in [0.15, 0.2) is 0 Å². The third kappa shape index (κ3) is 0.122. The van der Waals surface area contributed by atoms with Gasteiger partial charge in [-0.25, -0.2) is 0 Å². The first-order chi connectivity index (χ1) is 3.40. The molecular weight excluding hydrogens is 84.1 g/mol. The maximum Gasteiger partial charge on any atom is -0.0229 e. The summed E-state index contributed by atoms with van der Waals surface area (Å²) in [4.78, 5) is 0. The van der Waals surface area contributed by atoms with E-state index in [1.807, 2.05) is 0 Å². The number of hydrogen-bond donors (Lipinski definition) is 0. The fourth-order valence-electron chi connectivity index (χ4n) is 2.92. The minimum atomic E-state index is 0.991. The van der Waals surface area contributed by atoms with E-state index < -0.39 is 0 Å². The third-order valence-electron chi connectivity index (χ3n) is 3.66. The second-order valence-electron chi connectivity index (χ2n) is 3.51. The quantitative estimate of drug-likeness (QED) is 0.463. The normalized spacial score (nSPS) is 79.3. The lowest BCUT2D eigenvalue weighted by Gasteiger charge is -2.38. The van der Waals surface area contributed by atoms with E-state index in [0.29, 0.717) is 0 Å². The number of hydrogen-bond acceptors (Lipinski definition) is 0. The Kier molecular flexibility index (Phi) is 0.231. The molecule has 38 valence electrons. The maximum absolute atomic E-state index is 2.35. The highest BCUT2D eigenvalue weighted by atomic mass is 15.0. The molecule has 4 aliphatic carbocycles. The molecular formula is C7H10. The molecule has 0 radical (unpaired) electrons. The standard InChI is InChI=1S/C7H10/c1-2-7-3-4-5(7)6(4)7/h4-6H,2-3H2,1H3. The fourth-order valence-corrected chi connectivity index (χ4v) is 2.92. The fraction of sp³-hybridized carbons (Fsp3) is 1.00. The van der Waals surface area contributed by atoms with Gasteiger partial charge in [-0.15, -0.1) is 0 Å². The van der Waals surface area contributed by atoms with Crippen LogP contribution in [0.3, 0.4) is 0 Å². The van der Waals surface area contributed by atoms with Gasteiger partial charge in [0.2, 0.25) is 0 Å². The summed E-state index contributed by atoms with van der Waals surface area (Å²) in [6.45, 7) is 2.35. The molecule has 2 bridgehead atoms. The molecule has 0 aliphatic heterocycles. The van der Waals surface area contributed by atoms with Gasteiger partial charge in [-0.2, -0.15) is 0 Å². The van der Waals surface area contributed by atoms with Crippen molar-refractivity contribution in [1.29, 1.82) is 0 Å². The van der Waals surface area contributed by atoms with Crippen LogP contribution >= 0.6 is 0 Å². The minimum absolute atomic E-state index is 0.991. The molecule has 0 saturated heterocycles. The van der Waals surface area contributed by atoms with Crippen molar-refractivity contribution in [3.63, 3.8) is 0 Å². The van der Waals surface area contributed by atoms with Crippen LogP contribution in [-0.4, -0.2) is 0 Å². The monoisotopic (exact) mass is 94.1 g/mol. The van der Waals surface area contributed by atoms with E-state index in [1.165, 1.54) is 24.2 Å². The molecule has 0 spiro atoms. The van der Waals surface area contributed by atoms with Crippen molar-refractivity contribution in [3.05, 3.63) is 0 Å². The summed E-state index contributed by atoms with van der Waals surface area (Å²) in [5.74, 6) is 3.81. The lowest BCUT2D eigenvalue weighted by Crippen LogP contribution is -2.30. The van der Waals surface area contributed by atoms with Gasteiger partial charge in [0.1, 0.15) is 0 Å². The molecule has 4 fully saturated rings. The predicted octanol–water partition coefficient (Wildman–Crippen LogP) is 1.66. The van der Waals surface area contributed by atoms with Gasteiger partial charge < -0.3 is 0 Å². The second-order valence-corrected chi connectivity index (χ2v) is 3.51. The molecule has 0 heterocycles. The average Bonchev–Trinajstić information content (AvgIpc) is 2.26. The Morgan fingerprint density at radius 1 is 1.57 bits per heavy atom. The molecule has 2 atom stereocenters. The third-order valence-corrected chi connectivity index (χ3v) is 3.66. The lowest BCUT2D eigenvalue weighted by atomic mass is 9.67. The molecule has 0 amide bonds. The van der Waals surface area contributed by atoms with E-state index >= 15 is 0 Å². The van der Waals surface area contributed by atoms with Crippen LogP contribution in [-0.2, 0) is 0 Å². The van der Waals surface area contributed by atoms with E-state index in [-0.39, 0.29) is 0 Å². The Bertz CT molecular complexity index is 123. The zero-order valence-electron chi connectivity index (χ0n) is 4.65. The number of rotatable bonds is 1. The van der Waals surface area contributed by atoms with Crippen molar-refractivity contribution in [2.24, 2.45) is 23.2 Å². The van der Waals surface area contributed by atoms with Crippen molar-refractivity contribution in [2.45, 2.75) is 19.8 Å².